The maximum Gasteiger partial charge on any atom is 0.257 e. The van der Waals surface area contributed by atoms with Crippen molar-refractivity contribution in [3.63, 3.8) is 0 Å². The molecule has 7 nitrogen and oxygen atoms in total. The van der Waals surface area contributed by atoms with Crippen LogP contribution in [0, 0.1) is 0 Å². The van der Waals surface area contributed by atoms with Gasteiger partial charge in [0.25, 0.3) is 5.91 Å². The molecule has 2 amide bonds. The predicted molar refractivity (Wildman–Crippen MR) is 134 cm³/mol. The van der Waals surface area contributed by atoms with Gasteiger partial charge in [0, 0.05) is 11.4 Å². The summed E-state index contributed by atoms with van der Waals surface area (Å²) in [6, 6.07) is 22.4. The Morgan fingerprint density at radius 2 is 1.41 bits per heavy atom. The zero-order valence-electron chi connectivity index (χ0n) is 18.7. The van der Waals surface area contributed by atoms with E-state index in [1.165, 1.54) is 0 Å². The number of hydrogen-bond donors (Lipinski definition) is 3. The first-order valence-electron chi connectivity index (χ1n) is 11.3. The predicted octanol–water partition coefficient (Wildman–Crippen LogP) is 4.71. The highest BCUT2D eigenvalue weighted by Gasteiger charge is 2.30. The van der Waals surface area contributed by atoms with E-state index in [0.29, 0.717) is 40.4 Å². The third-order valence-corrected chi connectivity index (χ3v) is 8.13. The van der Waals surface area contributed by atoms with Crippen molar-refractivity contribution in [2.45, 2.75) is 35.8 Å². The fourth-order valence-electron chi connectivity index (χ4n) is 4.04. The van der Waals surface area contributed by atoms with Crippen LogP contribution in [-0.2, 0) is 14.6 Å². The molecule has 176 valence electrons. The molecular formula is C26H27N3O4S. The summed E-state index contributed by atoms with van der Waals surface area (Å²) in [5.74, 6) is -0.656. The van der Waals surface area contributed by atoms with Crippen molar-refractivity contribution < 1.29 is 18.0 Å². The van der Waals surface area contributed by atoms with Gasteiger partial charge in [-0.1, -0.05) is 43.2 Å². The van der Waals surface area contributed by atoms with Crippen molar-refractivity contribution in [1.29, 1.82) is 0 Å². The minimum Gasteiger partial charge on any atom is -0.376 e. The SMILES string of the molecule is O=C(CNc1ccc(S(=O)(=O)C2CCCC2)cc1)Nc1ccccc1C(=O)Nc1ccccc1. The van der Waals surface area contributed by atoms with E-state index in [9.17, 15) is 18.0 Å². The number of rotatable bonds is 8. The molecule has 0 aliphatic heterocycles. The van der Waals surface area contributed by atoms with Gasteiger partial charge in [0.1, 0.15) is 0 Å². The maximum absolute atomic E-state index is 12.7. The zero-order valence-corrected chi connectivity index (χ0v) is 19.5. The molecule has 1 fully saturated rings. The molecule has 1 aliphatic rings. The third kappa shape index (κ3) is 5.63. The quantitative estimate of drug-likeness (QED) is 0.436. The molecule has 0 radical (unpaired) electrons. The number of amides is 2. The first-order chi connectivity index (χ1) is 16.4. The Bertz CT molecular complexity index is 1250. The van der Waals surface area contributed by atoms with Crippen LogP contribution in [0.4, 0.5) is 17.1 Å². The number of benzene rings is 3. The monoisotopic (exact) mass is 477 g/mol. The smallest absolute Gasteiger partial charge is 0.257 e. The van der Waals surface area contributed by atoms with Gasteiger partial charge in [-0.25, -0.2) is 8.42 Å². The number of carbonyl (C=O) groups is 2. The highest BCUT2D eigenvalue weighted by Crippen LogP contribution is 2.30. The normalized spacial score (nSPS) is 13.9. The third-order valence-electron chi connectivity index (χ3n) is 5.85. The van der Waals surface area contributed by atoms with Crippen molar-refractivity contribution >= 4 is 38.7 Å². The second kappa shape index (κ2) is 10.5. The fourth-order valence-corrected chi connectivity index (χ4v) is 5.89. The van der Waals surface area contributed by atoms with E-state index in [-0.39, 0.29) is 23.6 Å². The lowest BCUT2D eigenvalue weighted by Crippen LogP contribution is -2.24. The summed E-state index contributed by atoms with van der Waals surface area (Å²) in [6.07, 6.45) is 3.34. The molecular weight excluding hydrogens is 450 g/mol. The molecule has 0 aromatic heterocycles. The molecule has 0 atom stereocenters. The van der Waals surface area contributed by atoms with Crippen molar-refractivity contribution in [3.8, 4) is 0 Å². The largest absolute Gasteiger partial charge is 0.376 e. The van der Waals surface area contributed by atoms with Crippen molar-refractivity contribution in [2.75, 3.05) is 22.5 Å². The summed E-state index contributed by atoms with van der Waals surface area (Å²) in [4.78, 5) is 25.5. The number of sulfone groups is 1. The van der Waals surface area contributed by atoms with Crippen LogP contribution in [0.5, 0.6) is 0 Å². The van der Waals surface area contributed by atoms with E-state index < -0.39 is 9.84 Å². The van der Waals surface area contributed by atoms with Crippen LogP contribution in [0.3, 0.4) is 0 Å². The van der Waals surface area contributed by atoms with Gasteiger partial charge >= 0.3 is 0 Å². The van der Waals surface area contributed by atoms with Crippen molar-refractivity contribution in [1.82, 2.24) is 0 Å². The van der Waals surface area contributed by atoms with E-state index in [1.807, 2.05) is 18.2 Å². The topological polar surface area (TPSA) is 104 Å². The summed E-state index contributed by atoms with van der Waals surface area (Å²) in [5, 5.41) is 8.27. The second-order valence-corrected chi connectivity index (χ2v) is 10.5. The Hall–Kier alpha value is -3.65. The molecule has 4 rings (SSSR count). The van der Waals surface area contributed by atoms with Crippen LogP contribution in [0.2, 0.25) is 0 Å². The van der Waals surface area contributed by atoms with Crippen LogP contribution in [0.1, 0.15) is 36.0 Å². The minimum absolute atomic E-state index is 0.0383. The van der Waals surface area contributed by atoms with Crippen LogP contribution in [0.15, 0.2) is 83.8 Å². The fraction of sp³-hybridized carbons (Fsp3) is 0.231. The average Bonchev–Trinajstić information content (AvgIpc) is 3.40. The van der Waals surface area contributed by atoms with E-state index in [2.05, 4.69) is 16.0 Å². The highest BCUT2D eigenvalue weighted by atomic mass is 32.2. The summed E-state index contributed by atoms with van der Waals surface area (Å²) in [5.41, 5.74) is 2.05. The summed E-state index contributed by atoms with van der Waals surface area (Å²) < 4.78 is 25.4. The lowest BCUT2D eigenvalue weighted by atomic mass is 10.1. The standard InChI is InChI=1S/C26H27N3O4S/c30-25(18-27-19-14-16-22(17-15-19)34(32,33)21-10-4-5-11-21)29-24-13-7-6-12-23(24)26(31)28-20-8-2-1-3-9-20/h1-3,6-9,12-17,21,27H,4-5,10-11,18H2,(H,28,31)(H,29,30). The molecule has 3 aromatic rings. The molecule has 0 bridgehead atoms. The van der Waals surface area contributed by atoms with Crippen LogP contribution in [0.25, 0.3) is 0 Å². The van der Waals surface area contributed by atoms with Gasteiger partial charge in [-0.15, -0.1) is 0 Å². The Morgan fingerprint density at radius 1 is 0.765 bits per heavy atom. The van der Waals surface area contributed by atoms with Gasteiger partial charge in [0.2, 0.25) is 5.91 Å². The average molecular weight is 478 g/mol. The lowest BCUT2D eigenvalue weighted by Gasteiger charge is -2.13. The van der Waals surface area contributed by atoms with E-state index in [0.717, 1.165) is 12.8 Å². The zero-order chi connectivity index (χ0) is 24.0. The minimum atomic E-state index is -3.31. The summed E-state index contributed by atoms with van der Waals surface area (Å²) >= 11 is 0. The van der Waals surface area contributed by atoms with Crippen molar-refractivity contribution in [2.24, 2.45) is 0 Å². The van der Waals surface area contributed by atoms with Gasteiger partial charge in [0.05, 0.1) is 27.9 Å². The number of para-hydroxylation sites is 2. The molecule has 1 saturated carbocycles. The molecule has 0 unspecified atom stereocenters. The Morgan fingerprint density at radius 3 is 2.12 bits per heavy atom. The Labute approximate surface area is 199 Å². The second-order valence-electron chi connectivity index (χ2n) is 8.24. The number of carbonyl (C=O) groups excluding carboxylic acids is 2. The molecule has 1 aliphatic carbocycles. The number of hydrogen-bond acceptors (Lipinski definition) is 5. The molecule has 3 N–H and O–H groups in total. The van der Waals surface area contributed by atoms with Gasteiger partial charge in [0.15, 0.2) is 9.84 Å². The molecule has 8 heteroatoms. The van der Waals surface area contributed by atoms with Crippen LogP contribution >= 0.6 is 0 Å². The van der Waals surface area contributed by atoms with E-state index in [1.54, 1.807) is 60.7 Å². The molecule has 0 spiro atoms. The van der Waals surface area contributed by atoms with Gasteiger partial charge < -0.3 is 16.0 Å². The summed E-state index contributed by atoms with van der Waals surface area (Å²) in [7, 11) is -3.31. The molecule has 0 saturated heterocycles. The first-order valence-corrected chi connectivity index (χ1v) is 12.8. The van der Waals surface area contributed by atoms with Crippen LogP contribution < -0.4 is 16.0 Å². The van der Waals surface area contributed by atoms with Crippen molar-refractivity contribution in [3.05, 3.63) is 84.4 Å². The Balaban J connectivity index is 1.35. The lowest BCUT2D eigenvalue weighted by molar-refractivity contribution is -0.114. The molecule has 3 aromatic carbocycles. The van der Waals surface area contributed by atoms with Gasteiger partial charge in [-0.2, -0.15) is 0 Å². The van der Waals surface area contributed by atoms with E-state index >= 15 is 0 Å². The van der Waals surface area contributed by atoms with Gasteiger partial charge in [-0.05, 0) is 61.4 Å². The van der Waals surface area contributed by atoms with Crippen LogP contribution in [-0.4, -0.2) is 32.0 Å². The van der Waals surface area contributed by atoms with Gasteiger partial charge in [-0.3, -0.25) is 9.59 Å². The number of anilines is 3. The molecule has 34 heavy (non-hydrogen) atoms. The number of nitrogens with one attached hydrogen (secondary N) is 3. The molecule has 0 heterocycles. The highest BCUT2D eigenvalue weighted by molar-refractivity contribution is 7.92. The Kier molecular flexibility index (Phi) is 7.27. The summed E-state index contributed by atoms with van der Waals surface area (Å²) in [6.45, 7) is -0.0383. The maximum atomic E-state index is 12.7. The first kappa shape index (κ1) is 23.5. The van der Waals surface area contributed by atoms with E-state index in [4.69, 9.17) is 0 Å².